The van der Waals surface area contributed by atoms with E-state index in [9.17, 15) is 9.65 Å². The van der Waals surface area contributed by atoms with Crippen LogP contribution in [0.4, 0.5) is 4.39 Å². The van der Waals surface area contributed by atoms with E-state index >= 15 is 0 Å². The Morgan fingerprint density at radius 1 is 1.33 bits per heavy atom. The van der Waals surface area contributed by atoms with E-state index in [2.05, 4.69) is 28.7 Å². The Balaban J connectivity index is 2.57. The van der Waals surface area contributed by atoms with Crippen molar-refractivity contribution in [2.75, 3.05) is 0 Å². The van der Waals surface area contributed by atoms with Crippen molar-refractivity contribution in [2.45, 2.75) is 31.1 Å². The van der Waals surface area contributed by atoms with Gasteiger partial charge in [0, 0.05) is 9.13 Å². The molecule has 1 nitrogen and oxygen atoms in total. The molecular weight excluding hydrogens is 304 g/mol. The molecule has 78 valence electrons. The molecule has 3 heteroatoms. The number of benzene rings is 1. The average Bonchev–Trinajstić information content (AvgIpc) is 2.67. The second kappa shape index (κ2) is 4.09. The van der Waals surface area contributed by atoms with E-state index in [1.807, 2.05) is 6.07 Å². The quantitative estimate of drug-likeness (QED) is 0.724. The number of nitrogens with zero attached hydrogens (tertiary/aromatic N) is 1. The van der Waals surface area contributed by atoms with E-state index < -0.39 is 5.41 Å². The smallest absolute Gasteiger partial charge is 0.129 e. The molecule has 0 aliphatic heterocycles. The van der Waals surface area contributed by atoms with Crippen LogP contribution in [0.15, 0.2) is 18.2 Å². The van der Waals surface area contributed by atoms with Crippen molar-refractivity contribution >= 4 is 22.6 Å². The summed E-state index contributed by atoms with van der Waals surface area (Å²) in [5.74, 6) is -0.231. The molecule has 0 radical (unpaired) electrons. The first kappa shape index (κ1) is 10.9. The predicted molar refractivity (Wildman–Crippen MR) is 64.9 cm³/mol. The van der Waals surface area contributed by atoms with Crippen LogP contribution in [0.5, 0.6) is 0 Å². The van der Waals surface area contributed by atoms with Gasteiger partial charge in [0.05, 0.1) is 11.5 Å². The summed E-state index contributed by atoms with van der Waals surface area (Å²) in [5, 5.41) is 9.30. The summed E-state index contributed by atoms with van der Waals surface area (Å²) < 4.78 is 14.6. The molecule has 0 atom stereocenters. The fourth-order valence-electron chi connectivity index (χ4n) is 2.35. The van der Waals surface area contributed by atoms with Crippen molar-refractivity contribution in [1.29, 1.82) is 5.26 Å². The summed E-state index contributed by atoms with van der Waals surface area (Å²) in [6.45, 7) is 0. The lowest BCUT2D eigenvalue weighted by atomic mass is 9.80. The highest BCUT2D eigenvalue weighted by atomic mass is 127. The standard InChI is InChI=1S/C12H11FIN/c13-9-4-3-5-10(14)11(9)12(8-15)6-1-2-7-12/h3-5H,1-2,6-7H2. The molecule has 1 aromatic carbocycles. The minimum Gasteiger partial charge on any atom is -0.207 e. The minimum absolute atomic E-state index is 0.231. The Bertz CT molecular complexity index is 396. The Morgan fingerprint density at radius 3 is 2.53 bits per heavy atom. The van der Waals surface area contributed by atoms with Crippen LogP contribution in [0.2, 0.25) is 0 Å². The van der Waals surface area contributed by atoms with Gasteiger partial charge in [0.2, 0.25) is 0 Å². The van der Waals surface area contributed by atoms with Crippen LogP contribution in [0, 0.1) is 20.7 Å². The molecule has 0 heterocycles. The van der Waals surface area contributed by atoms with Gasteiger partial charge >= 0.3 is 0 Å². The molecular formula is C12H11FIN. The van der Waals surface area contributed by atoms with E-state index in [4.69, 9.17) is 0 Å². The average molecular weight is 315 g/mol. The topological polar surface area (TPSA) is 23.8 Å². The zero-order valence-corrected chi connectivity index (χ0v) is 10.4. The van der Waals surface area contributed by atoms with Gasteiger partial charge < -0.3 is 0 Å². The largest absolute Gasteiger partial charge is 0.207 e. The fourth-order valence-corrected chi connectivity index (χ4v) is 3.33. The second-order valence-corrected chi connectivity index (χ2v) is 5.16. The van der Waals surface area contributed by atoms with E-state index in [1.165, 1.54) is 6.07 Å². The van der Waals surface area contributed by atoms with Gasteiger partial charge in [0.15, 0.2) is 0 Å². The Morgan fingerprint density at radius 2 is 2.00 bits per heavy atom. The Kier molecular flexibility index (Phi) is 2.96. The summed E-state index contributed by atoms with van der Waals surface area (Å²) in [6, 6.07) is 7.35. The number of hydrogen-bond acceptors (Lipinski definition) is 1. The first-order valence-corrected chi connectivity index (χ1v) is 6.13. The molecule has 1 aliphatic carbocycles. The number of nitriles is 1. The zero-order chi connectivity index (χ0) is 10.9. The number of hydrogen-bond donors (Lipinski definition) is 0. The summed E-state index contributed by atoms with van der Waals surface area (Å²) >= 11 is 2.12. The lowest BCUT2D eigenvalue weighted by molar-refractivity contribution is 0.512. The molecule has 1 fully saturated rings. The van der Waals surface area contributed by atoms with Crippen LogP contribution in [-0.4, -0.2) is 0 Å². The van der Waals surface area contributed by atoms with E-state index in [0.29, 0.717) is 5.56 Å². The van der Waals surface area contributed by atoms with Gasteiger partial charge in [-0.15, -0.1) is 0 Å². The highest BCUT2D eigenvalue weighted by Crippen LogP contribution is 2.43. The van der Waals surface area contributed by atoms with Crippen LogP contribution in [0.25, 0.3) is 0 Å². The maximum atomic E-state index is 13.8. The van der Waals surface area contributed by atoms with Crippen molar-refractivity contribution in [3.8, 4) is 6.07 Å². The molecule has 0 unspecified atom stereocenters. The van der Waals surface area contributed by atoms with Gasteiger partial charge in [-0.1, -0.05) is 18.9 Å². The predicted octanol–water partition coefficient (Wildman–Crippen LogP) is 3.77. The Labute approximate surface area is 102 Å². The van der Waals surface area contributed by atoms with Crippen molar-refractivity contribution in [3.63, 3.8) is 0 Å². The molecule has 0 bridgehead atoms. The molecule has 0 saturated heterocycles. The summed E-state index contributed by atoms with van der Waals surface area (Å²) in [6.07, 6.45) is 3.64. The van der Waals surface area contributed by atoms with Crippen molar-refractivity contribution in [1.82, 2.24) is 0 Å². The second-order valence-electron chi connectivity index (χ2n) is 4.00. The summed E-state index contributed by atoms with van der Waals surface area (Å²) in [4.78, 5) is 0. The summed E-state index contributed by atoms with van der Waals surface area (Å²) in [5.41, 5.74) is 0.0487. The molecule has 1 aliphatic rings. The Hall–Kier alpha value is -0.630. The maximum absolute atomic E-state index is 13.8. The van der Waals surface area contributed by atoms with E-state index in [0.717, 1.165) is 29.3 Å². The van der Waals surface area contributed by atoms with Gasteiger partial charge in [-0.2, -0.15) is 5.26 Å². The molecule has 2 rings (SSSR count). The zero-order valence-electron chi connectivity index (χ0n) is 8.26. The monoisotopic (exact) mass is 315 g/mol. The summed E-state index contributed by atoms with van der Waals surface area (Å²) in [7, 11) is 0. The van der Waals surface area contributed by atoms with Gasteiger partial charge in [-0.25, -0.2) is 4.39 Å². The number of halogens is 2. The van der Waals surface area contributed by atoms with Crippen LogP contribution in [0.3, 0.4) is 0 Å². The van der Waals surface area contributed by atoms with Crippen LogP contribution in [-0.2, 0) is 5.41 Å². The maximum Gasteiger partial charge on any atom is 0.129 e. The number of rotatable bonds is 1. The highest BCUT2D eigenvalue weighted by Gasteiger charge is 2.39. The molecule has 0 amide bonds. The third-order valence-corrected chi connectivity index (χ3v) is 4.01. The van der Waals surface area contributed by atoms with Crippen molar-refractivity contribution < 1.29 is 4.39 Å². The third kappa shape index (κ3) is 1.76. The molecule has 0 N–H and O–H groups in total. The molecule has 15 heavy (non-hydrogen) atoms. The molecule has 0 aromatic heterocycles. The first-order chi connectivity index (χ1) is 7.19. The van der Waals surface area contributed by atoms with E-state index in [1.54, 1.807) is 6.07 Å². The van der Waals surface area contributed by atoms with Crippen molar-refractivity contribution in [3.05, 3.63) is 33.1 Å². The first-order valence-electron chi connectivity index (χ1n) is 5.05. The van der Waals surface area contributed by atoms with E-state index in [-0.39, 0.29) is 5.82 Å². The lowest BCUT2D eigenvalue weighted by Crippen LogP contribution is -2.22. The van der Waals surface area contributed by atoms with Gasteiger partial charge in [0.25, 0.3) is 0 Å². The minimum atomic E-state index is -0.568. The molecule has 1 aromatic rings. The molecule has 0 spiro atoms. The SMILES string of the molecule is N#CC1(c2c(F)cccc2I)CCCC1. The molecule has 1 saturated carbocycles. The van der Waals surface area contributed by atoms with Gasteiger partial charge in [0.1, 0.15) is 5.82 Å². The van der Waals surface area contributed by atoms with Crippen LogP contribution >= 0.6 is 22.6 Å². The fraction of sp³-hybridized carbons (Fsp3) is 0.417. The lowest BCUT2D eigenvalue weighted by Gasteiger charge is -2.22. The van der Waals surface area contributed by atoms with Crippen LogP contribution < -0.4 is 0 Å². The van der Waals surface area contributed by atoms with Gasteiger partial charge in [-0.3, -0.25) is 0 Å². The van der Waals surface area contributed by atoms with Crippen molar-refractivity contribution in [2.24, 2.45) is 0 Å². The normalized spacial score (nSPS) is 18.7. The highest BCUT2D eigenvalue weighted by molar-refractivity contribution is 14.1. The van der Waals surface area contributed by atoms with Gasteiger partial charge in [-0.05, 0) is 47.6 Å². The van der Waals surface area contributed by atoms with Crippen LogP contribution in [0.1, 0.15) is 31.2 Å². The third-order valence-electron chi connectivity index (χ3n) is 3.11.